The number of rotatable bonds is 3. The van der Waals surface area contributed by atoms with Gasteiger partial charge in [0.05, 0.1) is 16.8 Å². The highest BCUT2D eigenvalue weighted by molar-refractivity contribution is 6.13. The fraction of sp³-hybridized carbons (Fsp3) is 0.174. The summed E-state index contributed by atoms with van der Waals surface area (Å²) in [7, 11) is 0. The first-order chi connectivity index (χ1) is 13.4. The van der Waals surface area contributed by atoms with Crippen molar-refractivity contribution in [3.05, 3.63) is 76.5 Å². The van der Waals surface area contributed by atoms with Gasteiger partial charge in [-0.05, 0) is 56.5 Å². The van der Waals surface area contributed by atoms with Crippen LogP contribution in [0, 0.1) is 27.7 Å². The number of nitrogens with one attached hydrogen (secondary N) is 1. The quantitative estimate of drug-likeness (QED) is 0.525. The lowest BCUT2D eigenvalue weighted by atomic mass is 9.99. The number of aryl methyl sites for hydroxylation is 4. The van der Waals surface area contributed by atoms with Crippen LogP contribution in [0.15, 0.2) is 53.1 Å². The van der Waals surface area contributed by atoms with E-state index >= 15 is 0 Å². The van der Waals surface area contributed by atoms with Crippen LogP contribution in [0.3, 0.4) is 0 Å². The molecule has 0 aliphatic rings. The van der Waals surface area contributed by atoms with Gasteiger partial charge in [-0.15, -0.1) is 0 Å². The van der Waals surface area contributed by atoms with Crippen molar-refractivity contribution < 1.29 is 9.32 Å². The second-order valence-corrected chi connectivity index (χ2v) is 7.10. The summed E-state index contributed by atoms with van der Waals surface area (Å²) in [4.78, 5) is 17.9. The van der Waals surface area contributed by atoms with Crippen LogP contribution in [-0.2, 0) is 0 Å². The number of aromatic nitrogens is 2. The van der Waals surface area contributed by atoms with Crippen molar-refractivity contribution >= 4 is 22.6 Å². The molecule has 0 spiro atoms. The number of pyridine rings is 1. The molecule has 0 aliphatic heterocycles. The summed E-state index contributed by atoms with van der Waals surface area (Å²) >= 11 is 0. The number of carbonyl (C=O) groups is 1. The predicted molar refractivity (Wildman–Crippen MR) is 111 cm³/mol. The van der Waals surface area contributed by atoms with E-state index in [-0.39, 0.29) is 5.91 Å². The topological polar surface area (TPSA) is 68.0 Å². The van der Waals surface area contributed by atoms with Crippen molar-refractivity contribution in [2.45, 2.75) is 27.7 Å². The Balaban J connectivity index is 1.87. The molecule has 2 aromatic carbocycles. The summed E-state index contributed by atoms with van der Waals surface area (Å²) < 4.78 is 5.05. The molecule has 2 heterocycles. The molecule has 0 aliphatic carbocycles. The molecule has 1 amide bonds. The van der Waals surface area contributed by atoms with Gasteiger partial charge in [0.15, 0.2) is 5.82 Å². The number of para-hydroxylation sites is 1. The van der Waals surface area contributed by atoms with Gasteiger partial charge in [0.2, 0.25) is 0 Å². The highest BCUT2D eigenvalue weighted by Crippen LogP contribution is 2.28. The molecule has 4 aromatic rings. The average Bonchev–Trinajstić information content (AvgIpc) is 3.08. The van der Waals surface area contributed by atoms with Crippen molar-refractivity contribution in [1.29, 1.82) is 0 Å². The van der Waals surface area contributed by atoms with E-state index in [0.717, 1.165) is 27.7 Å². The van der Waals surface area contributed by atoms with E-state index in [2.05, 4.69) is 36.5 Å². The predicted octanol–water partition coefficient (Wildman–Crippen LogP) is 5.38. The first-order valence-electron chi connectivity index (χ1n) is 9.15. The fourth-order valence-electron chi connectivity index (χ4n) is 3.24. The zero-order chi connectivity index (χ0) is 19.8. The third-order valence-corrected chi connectivity index (χ3v) is 4.96. The summed E-state index contributed by atoms with van der Waals surface area (Å²) in [6.45, 7) is 7.94. The van der Waals surface area contributed by atoms with Crippen LogP contribution in [-0.4, -0.2) is 16.0 Å². The monoisotopic (exact) mass is 371 g/mol. The zero-order valence-electron chi connectivity index (χ0n) is 16.3. The summed E-state index contributed by atoms with van der Waals surface area (Å²) in [6.07, 6.45) is 0. The van der Waals surface area contributed by atoms with Crippen molar-refractivity contribution in [3.63, 3.8) is 0 Å². The number of hydrogen-bond acceptors (Lipinski definition) is 4. The number of hydrogen-bond donors (Lipinski definition) is 1. The first-order valence-corrected chi connectivity index (χ1v) is 9.15. The number of nitrogens with zero attached hydrogens (tertiary/aromatic N) is 2. The molecule has 0 saturated carbocycles. The van der Waals surface area contributed by atoms with Crippen molar-refractivity contribution in [3.8, 4) is 11.3 Å². The Hall–Kier alpha value is -3.47. The first kappa shape index (κ1) is 17.9. The van der Waals surface area contributed by atoms with E-state index in [4.69, 9.17) is 9.51 Å². The number of carbonyl (C=O) groups excluding carboxylic acids is 1. The molecule has 0 atom stereocenters. The number of anilines is 1. The second-order valence-electron chi connectivity index (χ2n) is 7.10. The molecule has 0 bridgehead atoms. The molecule has 2 aromatic heterocycles. The Morgan fingerprint density at radius 3 is 2.46 bits per heavy atom. The molecule has 1 N–H and O–H groups in total. The van der Waals surface area contributed by atoms with Gasteiger partial charge in [0, 0.05) is 17.0 Å². The van der Waals surface area contributed by atoms with Crippen LogP contribution >= 0.6 is 0 Å². The molecule has 0 fully saturated rings. The zero-order valence-corrected chi connectivity index (χ0v) is 16.3. The minimum atomic E-state index is -0.239. The van der Waals surface area contributed by atoms with E-state index in [1.165, 1.54) is 11.1 Å². The normalized spacial score (nSPS) is 11.0. The van der Waals surface area contributed by atoms with Gasteiger partial charge < -0.3 is 9.84 Å². The molecule has 0 radical (unpaired) electrons. The van der Waals surface area contributed by atoms with Crippen LogP contribution in [0.5, 0.6) is 0 Å². The Morgan fingerprint density at radius 2 is 1.75 bits per heavy atom. The van der Waals surface area contributed by atoms with Crippen molar-refractivity contribution in [2.24, 2.45) is 0 Å². The highest BCUT2D eigenvalue weighted by Gasteiger charge is 2.16. The second kappa shape index (κ2) is 6.93. The molecular weight excluding hydrogens is 350 g/mol. The maximum atomic E-state index is 13.0. The molecule has 0 unspecified atom stereocenters. The minimum absolute atomic E-state index is 0.239. The average molecular weight is 371 g/mol. The number of amides is 1. The number of fused-ring (bicyclic) bond motifs is 1. The summed E-state index contributed by atoms with van der Waals surface area (Å²) in [5.41, 5.74) is 6.57. The van der Waals surface area contributed by atoms with Gasteiger partial charge in [0.1, 0.15) is 5.76 Å². The van der Waals surface area contributed by atoms with Gasteiger partial charge in [-0.3, -0.25) is 4.79 Å². The SMILES string of the molecule is Cc1cc(NC(=O)c2cc(-c3ccc(C)c(C)c3)nc3c(C)cccc23)no1. The Labute approximate surface area is 163 Å². The van der Waals surface area contributed by atoms with E-state index in [9.17, 15) is 4.79 Å². The van der Waals surface area contributed by atoms with Crippen LogP contribution in [0.1, 0.15) is 32.8 Å². The van der Waals surface area contributed by atoms with E-state index in [1.54, 1.807) is 13.0 Å². The lowest BCUT2D eigenvalue weighted by molar-refractivity contribution is 0.102. The van der Waals surface area contributed by atoms with Gasteiger partial charge in [-0.2, -0.15) is 0 Å². The van der Waals surface area contributed by atoms with Crippen LogP contribution in [0.4, 0.5) is 5.82 Å². The summed E-state index contributed by atoms with van der Waals surface area (Å²) in [6, 6.07) is 15.6. The van der Waals surface area contributed by atoms with Crippen molar-refractivity contribution in [1.82, 2.24) is 10.1 Å². The third kappa shape index (κ3) is 3.27. The summed E-state index contributed by atoms with van der Waals surface area (Å²) in [5.74, 6) is 0.797. The standard InChI is InChI=1S/C23H21N3O2/c1-13-8-9-17(10-15(13)3)20-12-19(18-7-5-6-14(2)22(18)24-20)23(27)25-21-11-16(4)28-26-21/h5-12H,1-4H3,(H,25,26,27). The lowest BCUT2D eigenvalue weighted by Gasteiger charge is -2.12. The molecule has 140 valence electrons. The number of benzene rings is 2. The van der Waals surface area contributed by atoms with E-state index in [0.29, 0.717) is 17.1 Å². The Bertz CT molecular complexity index is 1210. The molecule has 5 nitrogen and oxygen atoms in total. The van der Waals surface area contributed by atoms with Crippen molar-refractivity contribution in [2.75, 3.05) is 5.32 Å². The maximum Gasteiger partial charge on any atom is 0.257 e. The van der Waals surface area contributed by atoms with Gasteiger partial charge >= 0.3 is 0 Å². The highest BCUT2D eigenvalue weighted by atomic mass is 16.5. The van der Waals surface area contributed by atoms with E-state index < -0.39 is 0 Å². The van der Waals surface area contributed by atoms with Crippen LogP contribution < -0.4 is 5.32 Å². The van der Waals surface area contributed by atoms with Gasteiger partial charge in [-0.1, -0.05) is 35.5 Å². The lowest BCUT2D eigenvalue weighted by Crippen LogP contribution is -2.13. The van der Waals surface area contributed by atoms with Gasteiger partial charge in [0.25, 0.3) is 5.91 Å². The van der Waals surface area contributed by atoms with E-state index in [1.807, 2.05) is 37.3 Å². The Morgan fingerprint density at radius 1 is 0.929 bits per heavy atom. The molecule has 28 heavy (non-hydrogen) atoms. The molecule has 4 rings (SSSR count). The molecular formula is C23H21N3O2. The van der Waals surface area contributed by atoms with Crippen LogP contribution in [0.2, 0.25) is 0 Å². The largest absolute Gasteiger partial charge is 0.360 e. The third-order valence-electron chi connectivity index (χ3n) is 4.96. The fourth-order valence-corrected chi connectivity index (χ4v) is 3.24. The van der Waals surface area contributed by atoms with Gasteiger partial charge in [-0.25, -0.2) is 4.98 Å². The molecule has 5 heteroatoms. The smallest absolute Gasteiger partial charge is 0.257 e. The minimum Gasteiger partial charge on any atom is -0.360 e. The molecule has 0 saturated heterocycles. The van der Waals surface area contributed by atoms with Crippen LogP contribution in [0.25, 0.3) is 22.2 Å². The summed E-state index contributed by atoms with van der Waals surface area (Å²) in [5, 5.41) is 7.49. The maximum absolute atomic E-state index is 13.0. The Kier molecular flexibility index (Phi) is 4.43.